The van der Waals surface area contributed by atoms with Crippen LogP contribution >= 0.6 is 0 Å². The quantitative estimate of drug-likeness (QED) is 0.803. The summed E-state index contributed by atoms with van der Waals surface area (Å²) >= 11 is 0. The lowest BCUT2D eigenvalue weighted by Crippen LogP contribution is -2.36. The van der Waals surface area contributed by atoms with E-state index in [4.69, 9.17) is 0 Å². The number of hydrogen-bond donors (Lipinski definition) is 1. The Kier molecular flexibility index (Phi) is 3.39. The third-order valence-electron chi connectivity index (χ3n) is 2.06. The minimum absolute atomic E-state index is 0.0145. The Morgan fingerprint density at radius 1 is 1.40 bits per heavy atom. The zero-order chi connectivity index (χ0) is 11.5. The molecule has 1 aromatic rings. The molecule has 1 heterocycles. The normalized spacial score (nSPS) is 13.3. The van der Waals surface area contributed by atoms with E-state index in [0.717, 1.165) is 5.69 Å². The highest BCUT2D eigenvalue weighted by atomic mass is 16.2. The molecule has 0 radical (unpaired) electrons. The summed E-state index contributed by atoms with van der Waals surface area (Å²) in [7, 11) is 0. The van der Waals surface area contributed by atoms with Gasteiger partial charge in [0.25, 0.3) is 0 Å². The van der Waals surface area contributed by atoms with Crippen LogP contribution in [0.3, 0.4) is 0 Å². The highest BCUT2D eigenvalue weighted by Gasteiger charge is 2.23. The number of amides is 1. The zero-order valence-electron chi connectivity index (χ0n) is 9.61. The van der Waals surface area contributed by atoms with Crippen LogP contribution in [-0.4, -0.2) is 15.9 Å². The summed E-state index contributed by atoms with van der Waals surface area (Å²) in [5.74, 6) is 0.0145. The summed E-state index contributed by atoms with van der Waals surface area (Å²) in [5, 5.41) is 2.89. The molecule has 0 saturated heterocycles. The first-order chi connectivity index (χ1) is 6.91. The SMILES string of the molecule is CC(NC(=O)C(C)(C)C)c1cnccn1. The molecule has 82 valence electrons. The number of aromatic nitrogens is 2. The Hall–Kier alpha value is -1.45. The average Bonchev–Trinajstić information content (AvgIpc) is 2.17. The van der Waals surface area contributed by atoms with Crippen molar-refractivity contribution in [2.24, 2.45) is 5.41 Å². The van der Waals surface area contributed by atoms with Crippen molar-refractivity contribution in [2.75, 3.05) is 0 Å². The predicted octanol–water partition coefficient (Wildman–Crippen LogP) is 1.70. The maximum Gasteiger partial charge on any atom is 0.225 e. The van der Waals surface area contributed by atoms with E-state index < -0.39 is 0 Å². The molecule has 1 atom stereocenters. The van der Waals surface area contributed by atoms with E-state index >= 15 is 0 Å². The van der Waals surface area contributed by atoms with Gasteiger partial charge in [0, 0.05) is 17.8 Å². The molecule has 0 aliphatic heterocycles. The summed E-state index contributed by atoms with van der Waals surface area (Å²) in [4.78, 5) is 19.8. The Morgan fingerprint density at radius 2 is 2.07 bits per heavy atom. The fourth-order valence-corrected chi connectivity index (χ4v) is 1.02. The molecule has 0 aliphatic rings. The molecule has 0 saturated carbocycles. The van der Waals surface area contributed by atoms with E-state index in [1.807, 2.05) is 27.7 Å². The van der Waals surface area contributed by atoms with Gasteiger partial charge in [-0.2, -0.15) is 0 Å². The second-order valence-corrected chi connectivity index (χ2v) is 4.58. The monoisotopic (exact) mass is 207 g/mol. The lowest BCUT2D eigenvalue weighted by molar-refractivity contribution is -0.129. The molecule has 1 unspecified atom stereocenters. The fraction of sp³-hybridized carbons (Fsp3) is 0.545. The van der Waals surface area contributed by atoms with Crippen molar-refractivity contribution in [3.05, 3.63) is 24.3 Å². The summed E-state index contributed by atoms with van der Waals surface area (Å²) < 4.78 is 0. The first-order valence-corrected chi connectivity index (χ1v) is 4.98. The van der Waals surface area contributed by atoms with Crippen LogP contribution in [-0.2, 0) is 4.79 Å². The van der Waals surface area contributed by atoms with Gasteiger partial charge >= 0.3 is 0 Å². The molecule has 0 aromatic carbocycles. The summed E-state index contributed by atoms with van der Waals surface area (Å²) in [5.41, 5.74) is 0.395. The van der Waals surface area contributed by atoms with Crippen molar-refractivity contribution >= 4 is 5.91 Å². The van der Waals surface area contributed by atoms with E-state index in [2.05, 4.69) is 15.3 Å². The molecular formula is C11H17N3O. The van der Waals surface area contributed by atoms with Crippen molar-refractivity contribution < 1.29 is 4.79 Å². The number of carbonyl (C=O) groups is 1. The van der Waals surface area contributed by atoms with E-state index in [1.165, 1.54) is 0 Å². The summed E-state index contributed by atoms with van der Waals surface area (Å²) in [6, 6.07) is -0.106. The van der Waals surface area contributed by atoms with Crippen molar-refractivity contribution in [1.29, 1.82) is 0 Å². The molecule has 1 rings (SSSR count). The maximum atomic E-state index is 11.7. The van der Waals surface area contributed by atoms with E-state index in [1.54, 1.807) is 18.6 Å². The molecule has 0 bridgehead atoms. The van der Waals surface area contributed by atoms with Gasteiger partial charge in [-0.25, -0.2) is 0 Å². The van der Waals surface area contributed by atoms with Gasteiger partial charge < -0.3 is 5.32 Å². The molecule has 0 aliphatic carbocycles. The second-order valence-electron chi connectivity index (χ2n) is 4.58. The standard InChI is InChI=1S/C11H17N3O/c1-8(9-7-12-5-6-13-9)14-10(15)11(2,3)4/h5-8H,1-4H3,(H,14,15). The predicted molar refractivity (Wildman–Crippen MR) is 58.0 cm³/mol. The molecule has 15 heavy (non-hydrogen) atoms. The van der Waals surface area contributed by atoms with Gasteiger partial charge in [0.05, 0.1) is 17.9 Å². The minimum Gasteiger partial charge on any atom is -0.347 e. The Morgan fingerprint density at radius 3 is 2.53 bits per heavy atom. The van der Waals surface area contributed by atoms with Crippen LogP contribution < -0.4 is 5.32 Å². The van der Waals surface area contributed by atoms with Gasteiger partial charge in [0.15, 0.2) is 0 Å². The van der Waals surface area contributed by atoms with Crippen molar-refractivity contribution in [3.63, 3.8) is 0 Å². The van der Waals surface area contributed by atoms with Gasteiger partial charge in [-0.05, 0) is 6.92 Å². The number of carbonyl (C=O) groups excluding carboxylic acids is 1. The molecule has 1 amide bonds. The highest BCUT2D eigenvalue weighted by molar-refractivity contribution is 5.81. The van der Waals surface area contributed by atoms with E-state index in [-0.39, 0.29) is 17.4 Å². The lowest BCUT2D eigenvalue weighted by atomic mass is 9.95. The second kappa shape index (κ2) is 4.38. The molecular weight excluding hydrogens is 190 g/mol. The molecule has 0 spiro atoms. The van der Waals surface area contributed by atoms with Crippen LogP contribution in [0.2, 0.25) is 0 Å². The van der Waals surface area contributed by atoms with Gasteiger partial charge in [-0.3, -0.25) is 14.8 Å². The zero-order valence-corrected chi connectivity index (χ0v) is 9.61. The summed E-state index contributed by atoms with van der Waals surface area (Å²) in [6.45, 7) is 7.54. The lowest BCUT2D eigenvalue weighted by Gasteiger charge is -2.21. The first-order valence-electron chi connectivity index (χ1n) is 4.98. The molecule has 4 nitrogen and oxygen atoms in total. The van der Waals surface area contributed by atoms with Gasteiger partial charge in [0.2, 0.25) is 5.91 Å². The van der Waals surface area contributed by atoms with Crippen molar-refractivity contribution in [1.82, 2.24) is 15.3 Å². The Balaban J connectivity index is 2.65. The third kappa shape index (κ3) is 3.31. The van der Waals surface area contributed by atoms with Gasteiger partial charge in [-0.15, -0.1) is 0 Å². The molecule has 4 heteroatoms. The number of hydrogen-bond acceptors (Lipinski definition) is 3. The van der Waals surface area contributed by atoms with Crippen LogP contribution in [0.15, 0.2) is 18.6 Å². The van der Waals surface area contributed by atoms with Crippen LogP contribution in [0.1, 0.15) is 39.4 Å². The number of nitrogens with zero attached hydrogens (tertiary/aromatic N) is 2. The summed E-state index contributed by atoms with van der Waals surface area (Å²) in [6.07, 6.45) is 4.89. The average molecular weight is 207 g/mol. The van der Waals surface area contributed by atoms with Crippen molar-refractivity contribution in [3.8, 4) is 0 Å². The molecule has 1 N–H and O–H groups in total. The number of rotatable bonds is 2. The van der Waals surface area contributed by atoms with Crippen molar-refractivity contribution in [2.45, 2.75) is 33.7 Å². The molecule has 0 fully saturated rings. The van der Waals surface area contributed by atoms with E-state index in [0.29, 0.717) is 0 Å². The van der Waals surface area contributed by atoms with Crippen LogP contribution in [0.4, 0.5) is 0 Å². The molecule has 1 aromatic heterocycles. The number of nitrogens with one attached hydrogen (secondary N) is 1. The first kappa shape index (κ1) is 11.6. The van der Waals surface area contributed by atoms with Crippen LogP contribution in [0.25, 0.3) is 0 Å². The fourth-order valence-electron chi connectivity index (χ4n) is 1.02. The largest absolute Gasteiger partial charge is 0.347 e. The minimum atomic E-state index is -0.379. The van der Waals surface area contributed by atoms with Crippen LogP contribution in [0, 0.1) is 5.41 Å². The highest BCUT2D eigenvalue weighted by Crippen LogP contribution is 2.15. The maximum absolute atomic E-state index is 11.7. The smallest absolute Gasteiger partial charge is 0.225 e. The topological polar surface area (TPSA) is 54.9 Å². The van der Waals surface area contributed by atoms with Gasteiger partial charge in [0.1, 0.15) is 0 Å². The van der Waals surface area contributed by atoms with E-state index in [9.17, 15) is 4.79 Å². The van der Waals surface area contributed by atoms with Gasteiger partial charge in [-0.1, -0.05) is 20.8 Å². The third-order valence-corrected chi connectivity index (χ3v) is 2.06. The Labute approximate surface area is 90.1 Å². The Bertz CT molecular complexity index is 329. The van der Waals surface area contributed by atoms with Crippen LogP contribution in [0.5, 0.6) is 0 Å².